The number of aromatic nitrogens is 2. The lowest BCUT2D eigenvalue weighted by molar-refractivity contribution is 0.339. The largest absolute Gasteiger partial charge is 0.311 e. The third-order valence-corrected chi connectivity index (χ3v) is 4.04. The van der Waals surface area contributed by atoms with Crippen LogP contribution in [-0.4, -0.2) is 16.5 Å². The summed E-state index contributed by atoms with van der Waals surface area (Å²) in [5, 5.41) is 3.43. The molecular formula is C16H27N3. The van der Waals surface area contributed by atoms with E-state index in [-0.39, 0.29) is 0 Å². The molecule has 19 heavy (non-hydrogen) atoms. The lowest BCUT2D eigenvalue weighted by Gasteiger charge is -2.25. The minimum Gasteiger partial charge on any atom is -0.311 e. The smallest absolute Gasteiger partial charge is 0.131 e. The first kappa shape index (κ1) is 14.4. The first-order valence-electron chi connectivity index (χ1n) is 7.74. The monoisotopic (exact) mass is 261 g/mol. The fourth-order valence-electron chi connectivity index (χ4n) is 2.84. The molecule has 1 heterocycles. The maximum Gasteiger partial charge on any atom is 0.131 e. The highest BCUT2D eigenvalue weighted by atomic mass is 14.9. The Morgan fingerprint density at radius 1 is 1.21 bits per heavy atom. The van der Waals surface area contributed by atoms with Gasteiger partial charge in [0.25, 0.3) is 0 Å². The van der Waals surface area contributed by atoms with Crippen LogP contribution >= 0.6 is 0 Å². The minimum atomic E-state index is 0.584. The number of hydrogen-bond acceptors (Lipinski definition) is 3. The normalized spacial score (nSPS) is 23.5. The molecule has 3 nitrogen and oxygen atoms in total. The average Bonchev–Trinajstić information content (AvgIpc) is 2.39. The van der Waals surface area contributed by atoms with Gasteiger partial charge in [0.2, 0.25) is 0 Å². The molecule has 0 atom stereocenters. The summed E-state index contributed by atoms with van der Waals surface area (Å²) in [4.78, 5) is 9.45. The van der Waals surface area contributed by atoms with Crippen molar-refractivity contribution in [2.24, 2.45) is 5.92 Å². The van der Waals surface area contributed by atoms with E-state index in [9.17, 15) is 0 Å². The lowest BCUT2D eigenvalue weighted by Crippen LogP contribution is -2.18. The fourth-order valence-corrected chi connectivity index (χ4v) is 2.84. The fraction of sp³-hybridized carbons (Fsp3) is 0.750. The van der Waals surface area contributed by atoms with Gasteiger partial charge in [0.15, 0.2) is 0 Å². The molecule has 1 N–H and O–H groups in total. The summed E-state index contributed by atoms with van der Waals surface area (Å²) < 4.78 is 0. The second kappa shape index (κ2) is 6.99. The van der Waals surface area contributed by atoms with Crippen LogP contribution < -0.4 is 5.32 Å². The van der Waals surface area contributed by atoms with Crippen molar-refractivity contribution in [3.63, 3.8) is 0 Å². The number of nitrogens with one attached hydrogen (secondary N) is 1. The quantitative estimate of drug-likeness (QED) is 0.823. The molecule has 0 aliphatic heterocycles. The van der Waals surface area contributed by atoms with Gasteiger partial charge in [-0.1, -0.05) is 26.7 Å². The van der Waals surface area contributed by atoms with E-state index in [4.69, 9.17) is 4.98 Å². The lowest BCUT2D eigenvalue weighted by atomic mass is 9.82. The molecule has 1 saturated carbocycles. The van der Waals surface area contributed by atoms with E-state index in [1.165, 1.54) is 25.7 Å². The minimum absolute atomic E-state index is 0.584. The van der Waals surface area contributed by atoms with Crippen LogP contribution in [0.2, 0.25) is 0 Å². The zero-order valence-corrected chi connectivity index (χ0v) is 12.6. The van der Waals surface area contributed by atoms with Crippen molar-refractivity contribution >= 4 is 0 Å². The van der Waals surface area contributed by atoms with Crippen molar-refractivity contribution < 1.29 is 0 Å². The third-order valence-electron chi connectivity index (χ3n) is 4.04. The molecule has 1 aliphatic carbocycles. The molecule has 0 radical (unpaired) electrons. The average molecular weight is 261 g/mol. The summed E-state index contributed by atoms with van der Waals surface area (Å²) in [6.45, 7) is 8.55. The van der Waals surface area contributed by atoms with Gasteiger partial charge in [-0.15, -0.1) is 0 Å². The highest BCUT2D eigenvalue weighted by Gasteiger charge is 2.22. The van der Waals surface area contributed by atoms with Crippen molar-refractivity contribution in [1.82, 2.24) is 15.3 Å². The summed E-state index contributed by atoms with van der Waals surface area (Å²) in [6, 6.07) is 2.11. The van der Waals surface area contributed by atoms with E-state index in [1.54, 1.807) is 0 Å². The van der Waals surface area contributed by atoms with Gasteiger partial charge >= 0.3 is 0 Å². The highest BCUT2D eigenvalue weighted by molar-refractivity contribution is 5.12. The Kier molecular flexibility index (Phi) is 5.32. The van der Waals surface area contributed by atoms with Gasteiger partial charge in [0, 0.05) is 18.2 Å². The maximum absolute atomic E-state index is 4.78. The van der Waals surface area contributed by atoms with Gasteiger partial charge in [0.05, 0.1) is 5.69 Å². The first-order valence-corrected chi connectivity index (χ1v) is 7.74. The van der Waals surface area contributed by atoms with E-state index in [2.05, 4.69) is 37.1 Å². The van der Waals surface area contributed by atoms with Crippen molar-refractivity contribution in [3.8, 4) is 0 Å². The first-order chi connectivity index (χ1) is 9.19. The van der Waals surface area contributed by atoms with Gasteiger partial charge in [0.1, 0.15) is 5.82 Å². The van der Waals surface area contributed by atoms with E-state index in [1.807, 2.05) is 0 Å². The van der Waals surface area contributed by atoms with E-state index in [0.717, 1.165) is 42.6 Å². The number of nitrogens with zero attached hydrogens (tertiary/aromatic N) is 2. The second-order valence-electron chi connectivity index (χ2n) is 5.99. The molecule has 3 heteroatoms. The molecule has 2 rings (SSSR count). The topological polar surface area (TPSA) is 37.8 Å². The summed E-state index contributed by atoms with van der Waals surface area (Å²) >= 11 is 0. The van der Waals surface area contributed by atoms with Crippen LogP contribution in [0, 0.1) is 12.8 Å². The van der Waals surface area contributed by atoms with Crippen molar-refractivity contribution in [3.05, 3.63) is 23.3 Å². The van der Waals surface area contributed by atoms with Crippen molar-refractivity contribution in [2.45, 2.75) is 65.3 Å². The molecule has 1 aromatic heterocycles. The van der Waals surface area contributed by atoms with Crippen LogP contribution in [0.1, 0.15) is 69.1 Å². The molecule has 1 fully saturated rings. The Morgan fingerprint density at radius 2 is 1.95 bits per heavy atom. The molecule has 106 valence electrons. The molecule has 0 bridgehead atoms. The Labute approximate surface area is 117 Å². The van der Waals surface area contributed by atoms with Crippen LogP contribution in [0.25, 0.3) is 0 Å². The zero-order chi connectivity index (χ0) is 13.7. The van der Waals surface area contributed by atoms with Gasteiger partial charge in [-0.25, -0.2) is 9.97 Å². The molecule has 1 aliphatic rings. The Morgan fingerprint density at radius 3 is 2.63 bits per heavy atom. The predicted molar refractivity (Wildman–Crippen MR) is 79.1 cm³/mol. The van der Waals surface area contributed by atoms with E-state index < -0.39 is 0 Å². The Bertz CT molecular complexity index is 395. The Balaban J connectivity index is 2.03. The predicted octanol–water partition coefficient (Wildman–Crippen LogP) is 3.58. The van der Waals surface area contributed by atoms with E-state index >= 15 is 0 Å². The summed E-state index contributed by atoms with van der Waals surface area (Å²) in [7, 11) is 0. The molecular weight excluding hydrogens is 234 g/mol. The van der Waals surface area contributed by atoms with Crippen molar-refractivity contribution in [2.75, 3.05) is 6.54 Å². The van der Waals surface area contributed by atoms with Gasteiger partial charge < -0.3 is 5.32 Å². The summed E-state index contributed by atoms with van der Waals surface area (Å²) in [5.74, 6) is 2.55. The van der Waals surface area contributed by atoms with Crippen LogP contribution in [0.5, 0.6) is 0 Å². The number of aryl methyl sites for hydroxylation is 1. The third kappa shape index (κ3) is 4.27. The van der Waals surface area contributed by atoms with Gasteiger partial charge in [-0.05, 0) is 44.7 Å². The standard InChI is InChI=1S/C16H27N3/c1-4-9-17-11-15-10-13(3)18-16(19-15)14-7-5-12(2)6-8-14/h10,12,14,17H,4-9,11H2,1-3H3. The molecule has 1 aromatic rings. The second-order valence-corrected chi connectivity index (χ2v) is 5.99. The van der Waals surface area contributed by atoms with E-state index in [0.29, 0.717) is 5.92 Å². The van der Waals surface area contributed by atoms with Gasteiger partial charge in [-0.2, -0.15) is 0 Å². The number of hydrogen-bond donors (Lipinski definition) is 1. The molecule has 0 spiro atoms. The zero-order valence-electron chi connectivity index (χ0n) is 12.6. The van der Waals surface area contributed by atoms with Crippen LogP contribution in [-0.2, 0) is 6.54 Å². The molecule has 0 aromatic carbocycles. The Hall–Kier alpha value is -0.960. The molecule has 0 saturated heterocycles. The van der Waals surface area contributed by atoms with Crippen molar-refractivity contribution in [1.29, 1.82) is 0 Å². The van der Waals surface area contributed by atoms with Gasteiger partial charge in [-0.3, -0.25) is 0 Å². The number of rotatable bonds is 5. The van der Waals surface area contributed by atoms with Crippen LogP contribution in [0.3, 0.4) is 0 Å². The maximum atomic E-state index is 4.78. The summed E-state index contributed by atoms with van der Waals surface area (Å²) in [6.07, 6.45) is 6.33. The van der Waals surface area contributed by atoms with Crippen LogP contribution in [0.4, 0.5) is 0 Å². The van der Waals surface area contributed by atoms with Crippen LogP contribution in [0.15, 0.2) is 6.07 Å². The molecule has 0 amide bonds. The SMILES string of the molecule is CCCNCc1cc(C)nc(C2CCC(C)CC2)n1. The molecule has 0 unspecified atom stereocenters. The highest BCUT2D eigenvalue weighted by Crippen LogP contribution is 2.33. The summed E-state index contributed by atoms with van der Waals surface area (Å²) in [5.41, 5.74) is 2.26.